The monoisotopic (exact) mass is 235 g/mol. The van der Waals surface area contributed by atoms with Gasteiger partial charge < -0.3 is 5.32 Å². The molecule has 0 bridgehead atoms. The molecule has 0 radical (unpaired) electrons. The third kappa shape index (κ3) is 2.49. The third-order valence-corrected chi connectivity index (χ3v) is 5.07. The highest BCUT2D eigenvalue weighted by molar-refractivity contribution is 7.11. The second-order valence-corrected chi connectivity index (χ2v) is 6.56. The fourth-order valence-corrected chi connectivity index (χ4v) is 3.46. The zero-order valence-electron chi connectivity index (χ0n) is 10.0. The number of hydrogen-bond donors (Lipinski definition) is 1. The van der Waals surface area contributed by atoms with Gasteiger partial charge in [0.25, 0.3) is 0 Å². The minimum atomic E-state index is 0.840. The zero-order chi connectivity index (χ0) is 11.0. The Balaban J connectivity index is 1.53. The molecule has 16 heavy (non-hydrogen) atoms. The highest BCUT2D eigenvalue weighted by atomic mass is 32.1. The molecule has 0 atom stereocenters. The van der Waals surface area contributed by atoms with Crippen molar-refractivity contribution in [3.05, 3.63) is 21.9 Å². The first kappa shape index (κ1) is 10.8. The molecule has 1 heterocycles. The fraction of sp³-hybridized carbons (Fsp3) is 0.714. The van der Waals surface area contributed by atoms with Crippen LogP contribution in [0.2, 0.25) is 0 Å². The topological polar surface area (TPSA) is 12.0 Å². The normalized spacial score (nSPS) is 20.6. The van der Waals surface area contributed by atoms with Crippen LogP contribution >= 0.6 is 11.3 Å². The number of rotatable bonds is 6. The number of hydrogen-bond acceptors (Lipinski definition) is 2. The van der Waals surface area contributed by atoms with Gasteiger partial charge in [-0.1, -0.05) is 6.92 Å². The van der Waals surface area contributed by atoms with E-state index >= 15 is 0 Å². The van der Waals surface area contributed by atoms with Gasteiger partial charge in [-0.15, -0.1) is 11.3 Å². The van der Waals surface area contributed by atoms with Crippen LogP contribution < -0.4 is 5.32 Å². The first-order valence-electron chi connectivity index (χ1n) is 6.68. The molecule has 0 unspecified atom stereocenters. The predicted octanol–water partition coefficient (Wildman–Crippen LogP) is 3.59. The van der Waals surface area contributed by atoms with Crippen molar-refractivity contribution in [1.29, 1.82) is 0 Å². The van der Waals surface area contributed by atoms with Crippen LogP contribution in [0.1, 0.15) is 42.4 Å². The van der Waals surface area contributed by atoms with Gasteiger partial charge in [-0.3, -0.25) is 0 Å². The van der Waals surface area contributed by atoms with Gasteiger partial charge in [0.15, 0.2) is 0 Å². The molecule has 1 N–H and O–H groups in total. The lowest BCUT2D eigenvalue weighted by Gasteiger charge is -2.16. The van der Waals surface area contributed by atoms with Gasteiger partial charge in [0.1, 0.15) is 0 Å². The number of aryl methyl sites for hydroxylation is 1. The highest BCUT2D eigenvalue weighted by Gasteiger charge is 2.40. The van der Waals surface area contributed by atoms with Gasteiger partial charge in [0.2, 0.25) is 0 Å². The molecular formula is C14H21NS. The molecule has 0 aliphatic heterocycles. The van der Waals surface area contributed by atoms with Crippen molar-refractivity contribution >= 4 is 11.3 Å². The fourth-order valence-electron chi connectivity index (χ4n) is 2.55. The Labute approximate surface area is 102 Å². The van der Waals surface area contributed by atoms with Gasteiger partial charge >= 0.3 is 0 Å². The average Bonchev–Trinajstić information content (AvgIpc) is 3.20. The largest absolute Gasteiger partial charge is 0.309 e. The lowest BCUT2D eigenvalue weighted by Crippen LogP contribution is -2.32. The summed E-state index contributed by atoms with van der Waals surface area (Å²) in [4.78, 5) is 3.04. The van der Waals surface area contributed by atoms with Crippen LogP contribution in [0.5, 0.6) is 0 Å². The highest BCUT2D eigenvalue weighted by Crippen LogP contribution is 2.44. The maximum Gasteiger partial charge on any atom is 0.0302 e. The number of thiophene rings is 1. The van der Waals surface area contributed by atoms with Crippen LogP contribution in [0.4, 0.5) is 0 Å². The number of nitrogens with one attached hydrogen (secondary N) is 1. The minimum Gasteiger partial charge on any atom is -0.309 e. The Morgan fingerprint density at radius 2 is 1.81 bits per heavy atom. The van der Waals surface area contributed by atoms with Gasteiger partial charge in [0, 0.05) is 22.3 Å². The van der Waals surface area contributed by atoms with Gasteiger partial charge in [-0.05, 0) is 56.1 Å². The molecule has 0 amide bonds. The molecule has 0 spiro atoms. The van der Waals surface area contributed by atoms with Gasteiger partial charge in [-0.25, -0.2) is 0 Å². The molecule has 1 aromatic rings. The Hall–Kier alpha value is -0.340. The molecule has 2 saturated carbocycles. The predicted molar refractivity (Wildman–Crippen MR) is 69.8 cm³/mol. The quantitative estimate of drug-likeness (QED) is 0.794. The first-order chi connectivity index (χ1) is 7.86. The minimum absolute atomic E-state index is 0.840. The molecular weight excluding hydrogens is 214 g/mol. The molecule has 2 heteroatoms. The molecule has 0 aromatic carbocycles. The van der Waals surface area contributed by atoms with E-state index in [9.17, 15) is 0 Å². The molecule has 3 rings (SSSR count). The Morgan fingerprint density at radius 3 is 2.31 bits per heavy atom. The molecule has 1 aromatic heterocycles. The summed E-state index contributed by atoms with van der Waals surface area (Å²) in [5.74, 6) is 2.02. The van der Waals surface area contributed by atoms with Crippen LogP contribution in [-0.4, -0.2) is 6.04 Å². The van der Waals surface area contributed by atoms with E-state index in [0.717, 1.165) is 24.4 Å². The van der Waals surface area contributed by atoms with Crippen LogP contribution in [0.25, 0.3) is 0 Å². The summed E-state index contributed by atoms with van der Waals surface area (Å²) < 4.78 is 0. The standard InChI is InChI=1S/C14H21NS/c1-2-12-7-8-13(16-12)9-15-14(10-3-4-10)11-5-6-11/h7-8,10-11,14-15H,2-6,9H2,1H3. The first-order valence-corrected chi connectivity index (χ1v) is 7.49. The maximum atomic E-state index is 3.81. The molecule has 1 nitrogen and oxygen atoms in total. The van der Waals surface area contributed by atoms with Crippen molar-refractivity contribution in [2.75, 3.05) is 0 Å². The van der Waals surface area contributed by atoms with E-state index in [1.165, 1.54) is 41.9 Å². The van der Waals surface area contributed by atoms with Crippen molar-refractivity contribution in [2.45, 2.75) is 51.6 Å². The smallest absolute Gasteiger partial charge is 0.0302 e. The Morgan fingerprint density at radius 1 is 1.19 bits per heavy atom. The summed E-state index contributed by atoms with van der Waals surface area (Å²) in [7, 11) is 0. The van der Waals surface area contributed by atoms with Crippen molar-refractivity contribution in [2.24, 2.45) is 11.8 Å². The Kier molecular flexibility index (Phi) is 3.03. The van der Waals surface area contributed by atoms with E-state index in [2.05, 4.69) is 24.4 Å². The van der Waals surface area contributed by atoms with Crippen LogP contribution in [0.3, 0.4) is 0 Å². The second kappa shape index (κ2) is 4.50. The summed E-state index contributed by atoms with van der Waals surface area (Å²) in [6.07, 6.45) is 7.06. The van der Waals surface area contributed by atoms with Crippen molar-refractivity contribution in [3.8, 4) is 0 Å². The second-order valence-electron chi connectivity index (χ2n) is 5.30. The molecule has 2 aliphatic rings. The van der Waals surface area contributed by atoms with Crippen LogP contribution in [-0.2, 0) is 13.0 Å². The maximum absolute atomic E-state index is 3.81. The van der Waals surface area contributed by atoms with E-state index in [4.69, 9.17) is 0 Å². The van der Waals surface area contributed by atoms with Crippen LogP contribution in [0.15, 0.2) is 12.1 Å². The lowest BCUT2D eigenvalue weighted by molar-refractivity contribution is 0.417. The van der Waals surface area contributed by atoms with Crippen LogP contribution in [0, 0.1) is 11.8 Å². The van der Waals surface area contributed by atoms with Crippen molar-refractivity contribution in [3.63, 3.8) is 0 Å². The summed E-state index contributed by atoms with van der Waals surface area (Å²) in [5, 5.41) is 3.81. The van der Waals surface area contributed by atoms with Gasteiger partial charge in [-0.2, -0.15) is 0 Å². The zero-order valence-corrected chi connectivity index (χ0v) is 10.9. The Bertz CT molecular complexity index is 337. The molecule has 2 aliphatic carbocycles. The third-order valence-electron chi connectivity index (χ3n) is 3.84. The van der Waals surface area contributed by atoms with Gasteiger partial charge in [0.05, 0.1) is 0 Å². The lowest BCUT2D eigenvalue weighted by atomic mass is 10.1. The van der Waals surface area contributed by atoms with Crippen molar-refractivity contribution < 1.29 is 0 Å². The summed E-state index contributed by atoms with van der Waals surface area (Å²) >= 11 is 1.98. The van der Waals surface area contributed by atoms with Crippen molar-refractivity contribution in [1.82, 2.24) is 5.32 Å². The molecule has 2 fully saturated rings. The summed E-state index contributed by atoms with van der Waals surface area (Å²) in [6.45, 7) is 3.34. The average molecular weight is 235 g/mol. The molecule has 88 valence electrons. The van der Waals surface area contributed by atoms with E-state index in [-0.39, 0.29) is 0 Å². The molecule has 0 saturated heterocycles. The van der Waals surface area contributed by atoms with E-state index in [1.807, 2.05) is 11.3 Å². The van der Waals surface area contributed by atoms with E-state index in [1.54, 1.807) is 0 Å². The van der Waals surface area contributed by atoms with E-state index in [0.29, 0.717) is 0 Å². The van der Waals surface area contributed by atoms with E-state index < -0.39 is 0 Å². The summed E-state index contributed by atoms with van der Waals surface area (Å²) in [5.41, 5.74) is 0. The SMILES string of the molecule is CCc1ccc(CNC(C2CC2)C2CC2)s1. The summed E-state index contributed by atoms with van der Waals surface area (Å²) in [6, 6.07) is 5.42.